The van der Waals surface area contributed by atoms with Gasteiger partial charge < -0.3 is 29.9 Å². The summed E-state index contributed by atoms with van der Waals surface area (Å²) in [6.45, 7) is -0.794. The quantitative estimate of drug-likeness (QED) is 0.428. The lowest BCUT2D eigenvalue weighted by molar-refractivity contribution is -0.347. The van der Waals surface area contributed by atoms with Gasteiger partial charge in [-0.3, -0.25) is 0 Å². The molecule has 0 aliphatic carbocycles. The smallest absolute Gasteiger partial charge is 0.221 e. The molecular formula is C8H15ClO6. The number of ether oxygens (including phenoxy) is 2. The van der Waals surface area contributed by atoms with Crippen LogP contribution in [0, 0.1) is 0 Å². The van der Waals surface area contributed by atoms with Gasteiger partial charge in [0.15, 0.2) is 0 Å². The third-order valence-corrected chi connectivity index (χ3v) is 2.46. The molecule has 0 spiro atoms. The maximum absolute atomic E-state index is 9.62. The Labute approximate surface area is 92.0 Å². The van der Waals surface area contributed by atoms with Crippen LogP contribution in [-0.4, -0.2) is 70.2 Å². The van der Waals surface area contributed by atoms with Crippen molar-refractivity contribution in [2.45, 2.75) is 24.1 Å². The third-order valence-electron chi connectivity index (χ3n) is 2.31. The molecule has 0 saturated carbocycles. The highest BCUT2D eigenvalue weighted by Gasteiger charge is 2.50. The molecule has 7 heteroatoms. The molecule has 1 heterocycles. The number of hydrogen-bond donors (Lipinski definition) is 4. The lowest BCUT2D eigenvalue weighted by atomic mass is 9.97. The molecule has 90 valence electrons. The van der Waals surface area contributed by atoms with Crippen LogP contribution in [0.5, 0.6) is 0 Å². The Kier molecular flexibility index (Phi) is 4.72. The predicted octanol–water partition coefficient (Wildman–Crippen LogP) is -1.96. The summed E-state index contributed by atoms with van der Waals surface area (Å²) < 4.78 is 10.1. The highest BCUT2D eigenvalue weighted by molar-refractivity contribution is 6.17. The Hall–Kier alpha value is 0.0500. The van der Waals surface area contributed by atoms with Crippen molar-refractivity contribution in [2.75, 3.05) is 25.7 Å². The minimum atomic E-state index is -1.70. The van der Waals surface area contributed by atoms with Gasteiger partial charge in [-0.1, -0.05) is 0 Å². The fraction of sp³-hybridized carbons (Fsp3) is 1.00. The fourth-order valence-corrected chi connectivity index (χ4v) is 1.48. The first-order chi connectivity index (χ1) is 7.07. The van der Waals surface area contributed by atoms with Crippen LogP contribution in [0.25, 0.3) is 0 Å². The van der Waals surface area contributed by atoms with Crippen LogP contribution in [0.4, 0.5) is 0 Å². The van der Waals surface area contributed by atoms with E-state index in [4.69, 9.17) is 26.2 Å². The van der Waals surface area contributed by atoms with E-state index in [0.717, 1.165) is 0 Å². The highest BCUT2D eigenvalue weighted by Crippen LogP contribution is 2.27. The van der Waals surface area contributed by atoms with Gasteiger partial charge in [0.1, 0.15) is 24.9 Å². The second-order valence-electron chi connectivity index (χ2n) is 3.32. The SMILES string of the molecule is OC[C@]1(OCCCl)OC[C@H](O)[C@H](O)[C@@H]1O. The normalized spacial score (nSPS) is 41.8. The van der Waals surface area contributed by atoms with Crippen molar-refractivity contribution in [2.24, 2.45) is 0 Å². The van der Waals surface area contributed by atoms with Crippen molar-refractivity contribution in [3.63, 3.8) is 0 Å². The number of alkyl halides is 1. The summed E-state index contributed by atoms with van der Waals surface area (Å²) in [5.41, 5.74) is 0. The first-order valence-electron chi connectivity index (χ1n) is 4.56. The van der Waals surface area contributed by atoms with Gasteiger partial charge in [0.2, 0.25) is 5.79 Å². The lowest BCUT2D eigenvalue weighted by Crippen LogP contribution is -2.63. The second kappa shape index (κ2) is 5.40. The van der Waals surface area contributed by atoms with Gasteiger partial charge in [0.05, 0.1) is 13.2 Å². The fourth-order valence-electron chi connectivity index (χ4n) is 1.40. The zero-order valence-electron chi connectivity index (χ0n) is 8.04. The van der Waals surface area contributed by atoms with Crippen molar-refractivity contribution in [1.82, 2.24) is 0 Å². The third kappa shape index (κ3) is 2.59. The number of halogens is 1. The second-order valence-corrected chi connectivity index (χ2v) is 3.70. The Morgan fingerprint density at radius 1 is 1.40 bits per heavy atom. The molecule has 0 aromatic carbocycles. The van der Waals surface area contributed by atoms with Crippen LogP contribution < -0.4 is 0 Å². The number of aliphatic hydroxyl groups is 4. The Bertz CT molecular complexity index is 200. The average Bonchev–Trinajstić information content (AvgIpc) is 2.26. The van der Waals surface area contributed by atoms with E-state index in [1.54, 1.807) is 0 Å². The van der Waals surface area contributed by atoms with E-state index >= 15 is 0 Å². The van der Waals surface area contributed by atoms with Crippen molar-refractivity contribution >= 4 is 11.6 Å². The van der Waals surface area contributed by atoms with Gasteiger partial charge in [-0.15, -0.1) is 11.6 Å². The summed E-state index contributed by atoms with van der Waals surface area (Å²) in [5.74, 6) is -1.54. The van der Waals surface area contributed by atoms with Gasteiger partial charge in [0.25, 0.3) is 0 Å². The number of rotatable bonds is 4. The molecule has 1 rings (SSSR count). The number of aliphatic hydroxyl groups excluding tert-OH is 4. The molecule has 1 fully saturated rings. The first-order valence-corrected chi connectivity index (χ1v) is 5.10. The van der Waals surface area contributed by atoms with Crippen LogP contribution in [-0.2, 0) is 9.47 Å². The Morgan fingerprint density at radius 3 is 2.60 bits per heavy atom. The molecule has 6 nitrogen and oxygen atoms in total. The monoisotopic (exact) mass is 242 g/mol. The molecule has 0 unspecified atom stereocenters. The molecular weight excluding hydrogens is 228 g/mol. The van der Waals surface area contributed by atoms with Gasteiger partial charge in [-0.2, -0.15) is 0 Å². The first kappa shape index (κ1) is 13.1. The average molecular weight is 243 g/mol. The van der Waals surface area contributed by atoms with E-state index in [1.165, 1.54) is 0 Å². The van der Waals surface area contributed by atoms with E-state index < -0.39 is 30.7 Å². The zero-order chi connectivity index (χ0) is 11.5. The maximum atomic E-state index is 9.62. The molecule has 0 radical (unpaired) electrons. The minimum absolute atomic E-state index is 0.0575. The van der Waals surface area contributed by atoms with Gasteiger partial charge in [0, 0.05) is 5.88 Å². The van der Waals surface area contributed by atoms with E-state index in [2.05, 4.69) is 0 Å². The minimum Gasteiger partial charge on any atom is -0.391 e. The van der Waals surface area contributed by atoms with Gasteiger partial charge >= 0.3 is 0 Å². The summed E-state index contributed by atoms with van der Waals surface area (Å²) >= 11 is 5.40. The molecule has 4 atom stereocenters. The van der Waals surface area contributed by atoms with Crippen LogP contribution in [0.2, 0.25) is 0 Å². The van der Waals surface area contributed by atoms with Crippen LogP contribution in [0.3, 0.4) is 0 Å². The summed E-state index contributed by atoms with van der Waals surface area (Å²) in [6, 6.07) is 0. The van der Waals surface area contributed by atoms with Crippen molar-refractivity contribution < 1.29 is 29.9 Å². The molecule has 0 aromatic rings. The highest BCUT2D eigenvalue weighted by atomic mass is 35.5. The van der Waals surface area contributed by atoms with E-state index in [0.29, 0.717) is 0 Å². The largest absolute Gasteiger partial charge is 0.391 e. The summed E-state index contributed by atoms with van der Waals surface area (Å²) in [5, 5.41) is 37.3. The summed E-state index contributed by atoms with van der Waals surface area (Å²) in [4.78, 5) is 0. The molecule has 15 heavy (non-hydrogen) atoms. The maximum Gasteiger partial charge on any atom is 0.221 e. The topological polar surface area (TPSA) is 99.4 Å². The van der Waals surface area contributed by atoms with E-state index in [-0.39, 0.29) is 19.1 Å². The lowest BCUT2D eigenvalue weighted by Gasteiger charge is -2.43. The standard InChI is InChI=1S/C8H15ClO6/c9-1-2-14-8(4-10)7(13)6(12)5(11)3-15-8/h5-7,10-13H,1-4H2/t5-,6-,7-,8-/m0/s1. The Morgan fingerprint density at radius 2 is 2.07 bits per heavy atom. The molecule has 1 aliphatic rings. The molecule has 0 aromatic heterocycles. The molecule has 0 bridgehead atoms. The molecule has 1 aliphatic heterocycles. The van der Waals surface area contributed by atoms with Crippen LogP contribution in [0.15, 0.2) is 0 Å². The predicted molar refractivity (Wildman–Crippen MR) is 50.5 cm³/mol. The zero-order valence-corrected chi connectivity index (χ0v) is 8.80. The molecule has 1 saturated heterocycles. The Balaban J connectivity index is 2.71. The van der Waals surface area contributed by atoms with Gasteiger partial charge in [-0.25, -0.2) is 0 Å². The van der Waals surface area contributed by atoms with Crippen molar-refractivity contribution in [3.05, 3.63) is 0 Å². The van der Waals surface area contributed by atoms with Crippen molar-refractivity contribution in [3.8, 4) is 0 Å². The molecule has 4 N–H and O–H groups in total. The molecule has 0 amide bonds. The summed E-state index contributed by atoms with van der Waals surface area (Å²) in [7, 11) is 0. The van der Waals surface area contributed by atoms with Crippen LogP contribution in [0.1, 0.15) is 0 Å². The van der Waals surface area contributed by atoms with Crippen molar-refractivity contribution in [1.29, 1.82) is 0 Å². The number of hydrogen-bond acceptors (Lipinski definition) is 6. The van der Waals surface area contributed by atoms with E-state index in [9.17, 15) is 15.3 Å². The van der Waals surface area contributed by atoms with E-state index in [1.807, 2.05) is 0 Å². The van der Waals surface area contributed by atoms with Gasteiger partial charge in [-0.05, 0) is 0 Å². The summed E-state index contributed by atoms with van der Waals surface area (Å²) in [6.07, 6.45) is -4.13. The van der Waals surface area contributed by atoms with Crippen LogP contribution >= 0.6 is 11.6 Å².